The maximum absolute atomic E-state index is 12.5. The van der Waals surface area contributed by atoms with E-state index in [4.69, 9.17) is 0 Å². The van der Waals surface area contributed by atoms with Crippen molar-refractivity contribution in [3.63, 3.8) is 0 Å². The summed E-state index contributed by atoms with van der Waals surface area (Å²) in [6.45, 7) is 1.86. The molecular formula is C18H18N2O3S. The highest BCUT2D eigenvalue weighted by atomic mass is 32.2. The Morgan fingerprint density at radius 1 is 1.08 bits per heavy atom. The van der Waals surface area contributed by atoms with Crippen LogP contribution in [0.4, 0.5) is 0 Å². The molecule has 2 N–H and O–H groups in total. The number of aromatic amines is 1. The lowest BCUT2D eigenvalue weighted by molar-refractivity contribution is 0.0941. The van der Waals surface area contributed by atoms with Crippen LogP contribution in [0.25, 0.3) is 10.9 Å². The molecule has 3 rings (SSSR count). The molecule has 0 aliphatic rings. The van der Waals surface area contributed by atoms with E-state index in [2.05, 4.69) is 10.3 Å². The van der Waals surface area contributed by atoms with Gasteiger partial charge in [0.2, 0.25) is 0 Å². The number of carbonyl (C=O) groups is 1. The number of sulfone groups is 1. The van der Waals surface area contributed by atoms with Crippen molar-refractivity contribution >= 4 is 26.6 Å². The van der Waals surface area contributed by atoms with Crippen LogP contribution in [0.1, 0.15) is 28.9 Å². The van der Waals surface area contributed by atoms with Gasteiger partial charge in [-0.2, -0.15) is 0 Å². The van der Waals surface area contributed by atoms with Gasteiger partial charge in [-0.05, 0) is 30.7 Å². The maximum atomic E-state index is 12.5. The number of nitrogens with one attached hydrogen (secondary N) is 2. The van der Waals surface area contributed by atoms with Crippen LogP contribution in [-0.2, 0) is 9.84 Å². The summed E-state index contributed by atoms with van der Waals surface area (Å²) in [5, 5.41) is 3.81. The minimum atomic E-state index is -3.22. The number of fused-ring (bicyclic) bond motifs is 1. The largest absolute Gasteiger partial charge is 0.360 e. The Bertz CT molecular complexity index is 989. The zero-order chi connectivity index (χ0) is 17.3. The normalized spacial score (nSPS) is 12.9. The molecule has 6 heteroatoms. The number of hydrogen-bond acceptors (Lipinski definition) is 3. The second kappa shape index (κ2) is 6.13. The number of amides is 1. The Labute approximate surface area is 140 Å². The number of para-hydroxylation sites is 1. The number of benzene rings is 2. The molecule has 1 unspecified atom stereocenters. The molecule has 0 radical (unpaired) electrons. The number of aromatic nitrogens is 1. The number of carbonyl (C=O) groups excluding carboxylic acids is 1. The first kappa shape index (κ1) is 16.3. The van der Waals surface area contributed by atoms with Crippen molar-refractivity contribution in [1.29, 1.82) is 0 Å². The van der Waals surface area contributed by atoms with Crippen molar-refractivity contribution in [3.05, 3.63) is 65.9 Å². The summed E-state index contributed by atoms with van der Waals surface area (Å²) in [6.07, 6.45) is 2.86. The summed E-state index contributed by atoms with van der Waals surface area (Å²) in [4.78, 5) is 15.8. The summed E-state index contributed by atoms with van der Waals surface area (Å²) < 4.78 is 23.0. The smallest absolute Gasteiger partial charge is 0.253 e. The van der Waals surface area contributed by atoms with E-state index < -0.39 is 9.84 Å². The Morgan fingerprint density at radius 3 is 2.42 bits per heavy atom. The quantitative estimate of drug-likeness (QED) is 0.765. The molecule has 0 saturated heterocycles. The molecule has 3 aromatic rings. The van der Waals surface area contributed by atoms with Gasteiger partial charge in [-0.15, -0.1) is 0 Å². The predicted octanol–water partition coefficient (Wildman–Crippen LogP) is 3.06. The predicted molar refractivity (Wildman–Crippen MR) is 93.7 cm³/mol. The van der Waals surface area contributed by atoms with E-state index in [0.717, 1.165) is 16.5 Å². The standard InChI is InChI=1S/C18H18N2O3S/c1-12(13-7-9-14(10-8-13)24(2,22)23)20-18(21)16-11-19-17-6-4-3-5-15(16)17/h3-12,19H,1-2H3,(H,20,21). The van der Waals surface area contributed by atoms with Crippen molar-refractivity contribution < 1.29 is 13.2 Å². The van der Waals surface area contributed by atoms with Gasteiger partial charge in [0.1, 0.15) is 0 Å². The summed E-state index contributed by atoms with van der Waals surface area (Å²) in [7, 11) is -3.22. The molecule has 1 amide bonds. The molecule has 124 valence electrons. The third kappa shape index (κ3) is 3.19. The van der Waals surface area contributed by atoms with Crippen LogP contribution in [0.2, 0.25) is 0 Å². The van der Waals surface area contributed by atoms with Crippen molar-refractivity contribution in [3.8, 4) is 0 Å². The monoisotopic (exact) mass is 342 g/mol. The summed E-state index contributed by atoms with van der Waals surface area (Å²) in [5.41, 5.74) is 2.34. The van der Waals surface area contributed by atoms with Crippen molar-refractivity contribution in [2.24, 2.45) is 0 Å². The molecule has 5 nitrogen and oxygen atoms in total. The van der Waals surface area contributed by atoms with Crippen LogP contribution in [0.15, 0.2) is 59.6 Å². The molecule has 24 heavy (non-hydrogen) atoms. The van der Waals surface area contributed by atoms with E-state index in [1.54, 1.807) is 30.5 Å². The van der Waals surface area contributed by atoms with Crippen LogP contribution in [0.5, 0.6) is 0 Å². The molecule has 0 saturated carbocycles. The third-order valence-electron chi connectivity index (χ3n) is 3.99. The molecule has 0 bridgehead atoms. The van der Waals surface area contributed by atoms with Gasteiger partial charge < -0.3 is 10.3 Å². The van der Waals surface area contributed by atoms with E-state index in [1.165, 1.54) is 6.26 Å². The number of H-pyrrole nitrogens is 1. The molecule has 0 aliphatic carbocycles. The van der Waals surface area contributed by atoms with Crippen molar-refractivity contribution in [1.82, 2.24) is 10.3 Å². The highest BCUT2D eigenvalue weighted by Crippen LogP contribution is 2.20. The highest BCUT2D eigenvalue weighted by Gasteiger charge is 2.15. The molecule has 1 aromatic heterocycles. The third-order valence-corrected chi connectivity index (χ3v) is 5.12. The van der Waals surface area contributed by atoms with Crippen LogP contribution in [0, 0.1) is 0 Å². The van der Waals surface area contributed by atoms with Crippen LogP contribution < -0.4 is 5.32 Å². The summed E-state index contributed by atoms with van der Waals surface area (Å²) >= 11 is 0. The topological polar surface area (TPSA) is 79.0 Å². The molecule has 2 aromatic carbocycles. The van der Waals surface area contributed by atoms with Gasteiger partial charge in [-0.1, -0.05) is 30.3 Å². The molecule has 0 spiro atoms. The SMILES string of the molecule is CC(NC(=O)c1c[nH]c2ccccc12)c1ccc(S(C)(=O)=O)cc1. The second-order valence-corrected chi connectivity index (χ2v) is 7.80. The van der Waals surface area contributed by atoms with E-state index in [-0.39, 0.29) is 16.8 Å². The Kier molecular flexibility index (Phi) is 4.15. The lowest BCUT2D eigenvalue weighted by atomic mass is 10.1. The lowest BCUT2D eigenvalue weighted by Crippen LogP contribution is -2.26. The first-order valence-electron chi connectivity index (χ1n) is 7.53. The molecule has 0 fully saturated rings. The minimum absolute atomic E-state index is 0.174. The molecule has 1 atom stereocenters. The minimum Gasteiger partial charge on any atom is -0.360 e. The first-order valence-corrected chi connectivity index (χ1v) is 9.42. The zero-order valence-electron chi connectivity index (χ0n) is 13.4. The highest BCUT2D eigenvalue weighted by molar-refractivity contribution is 7.90. The average molecular weight is 342 g/mol. The fourth-order valence-corrected chi connectivity index (χ4v) is 3.25. The fourth-order valence-electron chi connectivity index (χ4n) is 2.62. The fraction of sp³-hybridized carbons (Fsp3) is 0.167. The van der Waals surface area contributed by atoms with Crippen LogP contribution in [-0.4, -0.2) is 25.6 Å². The number of hydrogen-bond donors (Lipinski definition) is 2. The zero-order valence-corrected chi connectivity index (χ0v) is 14.2. The number of rotatable bonds is 4. The Balaban J connectivity index is 1.79. The molecular weight excluding hydrogens is 324 g/mol. The summed E-state index contributed by atoms with van der Waals surface area (Å²) in [6, 6.07) is 13.9. The van der Waals surface area contributed by atoms with E-state index in [1.807, 2.05) is 31.2 Å². The summed E-state index contributed by atoms with van der Waals surface area (Å²) in [5.74, 6) is -0.174. The lowest BCUT2D eigenvalue weighted by Gasteiger charge is -2.14. The van der Waals surface area contributed by atoms with E-state index in [0.29, 0.717) is 5.56 Å². The second-order valence-electron chi connectivity index (χ2n) is 5.78. The van der Waals surface area contributed by atoms with Gasteiger partial charge in [-0.25, -0.2) is 8.42 Å². The molecule has 1 heterocycles. The van der Waals surface area contributed by atoms with Crippen LogP contribution in [0.3, 0.4) is 0 Å². The Hall–Kier alpha value is -2.60. The first-order chi connectivity index (χ1) is 11.4. The molecule has 0 aliphatic heterocycles. The van der Waals surface area contributed by atoms with Crippen LogP contribution >= 0.6 is 0 Å². The van der Waals surface area contributed by atoms with Crippen molar-refractivity contribution in [2.75, 3.05) is 6.26 Å². The maximum Gasteiger partial charge on any atom is 0.253 e. The van der Waals surface area contributed by atoms with Gasteiger partial charge >= 0.3 is 0 Å². The van der Waals surface area contributed by atoms with Gasteiger partial charge in [0, 0.05) is 23.4 Å². The van der Waals surface area contributed by atoms with Gasteiger partial charge in [0.25, 0.3) is 5.91 Å². The van der Waals surface area contributed by atoms with Gasteiger partial charge in [0.05, 0.1) is 16.5 Å². The Morgan fingerprint density at radius 2 is 1.75 bits per heavy atom. The average Bonchev–Trinajstić information content (AvgIpc) is 2.98. The van der Waals surface area contributed by atoms with E-state index >= 15 is 0 Å². The van der Waals surface area contributed by atoms with Gasteiger partial charge in [0.15, 0.2) is 9.84 Å². The van der Waals surface area contributed by atoms with Gasteiger partial charge in [-0.3, -0.25) is 4.79 Å². The van der Waals surface area contributed by atoms with Crippen molar-refractivity contribution in [2.45, 2.75) is 17.9 Å². The van der Waals surface area contributed by atoms with E-state index in [9.17, 15) is 13.2 Å².